The van der Waals surface area contributed by atoms with Crippen LogP contribution in [-0.4, -0.2) is 29.4 Å². The molecule has 1 aromatic heterocycles. The number of aromatic nitrogens is 1. The molecule has 1 saturated heterocycles. The van der Waals surface area contributed by atoms with Crippen LogP contribution in [0.5, 0.6) is 0 Å². The highest BCUT2D eigenvalue weighted by Gasteiger charge is 2.35. The molecule has 5 rings (SSSR count). The maximum atomic E-state index is 14.5. The summed E-state index contributed by atoms with van der Waals surface area (Å²) in [6.07, 6.45) is 2.36. The molecule has 8 heteroatoms. The van der Waals surface area contributed by atoms with Crippen LogP contribution in [0.1, 0.15) is 37.2 Å². The molecule has 1 atom stereocenters. The first-order chi connectivity index (χ1) is 15.4. The molecule has 32 heavy (non-hydrogen) atoms. The molecule has 166 valence electrons. The first kappa shape index (κ1) is 20.6. The first-order valence-electron chi connectivity index (χ1n) is 10.7. The first-order valence-corrected chi connectivity index (χ1v) is 10.7. The van der Waals surface area contributed by atoms with Crippen molar-refractivity contribution in [3.8, 4) is 11.3 Å². The Morgan fingerprint density at radius 2 is 1.81 bits per heavy atom. The lowest BCUT2D eigenvalue weighted by Gasteiger charge is -2.36. The van der Waals surface area contributed by atoms with Crippen LogP contribution in [0.4, 0.5) is 13.2 Å². The minimum Gasteiger partial charge on any atom is -0.354 e. The Kier molecular flexibility index (Phi) is 5.15. The molecule has 2 aromatic carbocycles. The zero-order chi connectivity index (χ0) is 22.4. The topological polar surface area (TPSA) is 74.0 Å². The minimum absolute atomic E-state index is 0.0538. The summed E-state index contributed by atoms with van der Waals surface area (Å²) >= 11 is 0. The highest BCUT2D eigenvalue weighted by Crippen LogP contribution is 2.48. The van der Waals surface area contributed by atoms with Gasteiger partial charge in [-0.05, 0) is 72.6 Å². The maximum absolute atomic E-state index is 14.5. The molecule has 0 bridgehead atoms. The molecular weight excluding hydrogens is 419 g/mol. The SMILES string of the molecule is O=C1CC[C@H](C(=O)NCC2CC(c3c(-c4ccc(F)cc4)[nH]c4c(F)cc(F)cc34)C2)N1. The second-order valence-corrected chi connectivity index (χ2v) is 8.67. The van der Waals surface area contributed by atoms with Crippen molar-refractivity contribution < 1.29 is 22.8 Å². The van der Waals surface area contributed by atoms with Crippen LogP contribution in [-0.2, 0) is 9.59 Å². The van der Waals surface area contributed by atoms with Gasteiger partial charge in [0.1, 0.15) is 23.5 Å². The lowest BCUT2D eigenvalue weighted by Crippen LogP contribution is -2.44. The van der Waals surface area contributed by atoms with Crippen molar-refractivity contribution in [2.45, 2.75) is 37.6 Å². The van der Waals surface area contributed by atoms with Crippen molar-refractivity contribution in [1.29, 1.82) is 0 Å². The van der Waals surface area contributed by atoms with Crippen molar-refractivity contribution in [2.75, 3.05) is 6.54 Å². The molecule has 1 saturated carbocycles. The summed E-state index contributed by atoms with van der Waals surface area (Å²) in [4.78, 5) is 26.6. The van der Waals surface area contributed by atoms with Crippen molar-refractivity contribution in [2.24, 2.45) is 5.92 Å². The average Bonchev–Trinajstić information content (AvgIpc) is 3.32. The molecule has 2 aliphatic rings. The number of amides is 2. The van der Waals surface area contributed by atoms with Gasteiger partial charge >= 0.3 is 0 Å². The van der Waals surface area contributed by atoms with Crippen molar-refractivity contribution in [3.63, 3.8) is 0 Å². The van der Waals surface area contributed by atoms with Crippen LogP contribution >= 0.6 is 0 Å². The van der Waals surface area contributed by atoms with E-state index in [1.807, 2.05) is 0 Å². The number of carbonyl (C=O) groups excluding carboxylic acids is 2. The molecule has 0 unspecified atom stereocenters. The van der Waals surface area contributed by atoms with Crippen molar-refractivity contribution in [1.82, 2.24) is 15.6 Å². The third-order valence-corrected chi connectivity index (χ3v) is 6.52. The summed E-state index contributed by atoms with van der Waals surface area (Å²) in [5.41, 5.74) is 2.40. The van der Waals surface area contributed by atoms with Gasteiger partial charge in [-0.3, -0.25) is 9.59 Å². The fourth-order valence-electron chi connectivity index (χ4n) is 4.83. The zero-order valence-electron chi connectivity index (χ0n) is 17.2. The highest BCUT2D eigenvalue weighted by molar-refractivity contribution is 5.92. The number of halogens is 3. The van der Waals surface area contributed by atoms with Gasteiger partial charge in [-0.15, -0.1) is 0 Å². The smallest absolute Gasteiger partial charge is 0.242 e. The van der Waals surface area contributed by atoms with E-state index in [-0.39, 0.29) is 35.0 Å². The number of carbonyl (C=O) groups is 2. The van der Waals surface area contributed by atoms with Gasteiger partial charge in [0.15, 0.2) is 0 Å². The van der Waals surface area contributed by atoms with Crippen molar-refractivity contribution in [3.05, 3.63) is 59.4 Å². The second-order valence-electron chi connectivity index (χ2n) is 8.67. The summed E-state index contributed by atoms with van der Waals surface area (Å²) in [5, 5.41) is 6.04. The standard InChI is InChI=1S/C24H22F3N3O2/c25-15-3-1-13(2-4-15)22-21(17-9-16(26)10-18(27)23(17)30-22)14-7-12(8-14)11-28-24(32)19-5-6-20(31)29-19/h1-4,9-10,12,14,19,30H,5-8,11H2,(H,28,32)(H,29,31)/t12?,14?,19-/m1/s1. The monoisotopic (exact) mass is 441 g/mol. The molecular formula is C24H22F3N3O2. The number of benzene rings is 2. The van der Waals surface area contributed by atoms with E-state index in [0.29, 0.717) is 36.0 Å². The quantitative estimate of drug-likeness (QED) is 0.557. The number of H-pyrrole nitrogens is 1. The number of rotatable bonds is 5. The summed E-state index contributed by atoms with van der Waals surface area (Å²) in [6.45, 7) is 0.485. The Balaban J connectivity index is 1.36. The molecule has 1 aliphatic heterocycles. The molecule has 1 aliphatic carbocycles. The predicted molar refractivity (Wildman–Crippen MR) is 113 cm³/mol. The molecule has 3 aromatic rings. The predicted octanol–water partition coefficient (Wildman–Crippen LogP) is 4.14. The minimum atomic E-state index is -0.670. The number of hydrogen-bond donors (Lipinski definition) is 3. The number of aromatic amines is 1. The van der Waals surface area contributed by atoms with E-state index in [1.165, 1.54) is 18.2 Å². The van der Waals surface area contributed by atoms with Gasteiger partial charge in [-0.2, -0.15) is 0 Å². The lowest BCUT2D eigenvalue weighted by atomic mass is 9.70. The van der Waals surface area contributed by atoms with Gasteiger partial charge in [0.2, 0.25) is 11.8 Å². The van der Waals surface area contributed by atoms with Crippen LogP contribution in [0.3, 0.4) is 0 Å². The summed E-state index contributed by atoms with van der Waals surface area (Å²) in [7, 11) is 0. The van der Waals surface area contributed by atoms with E-state index in [9.17, 15) is 22.8 Å². The van der Waals surface area contributed by atoms with E-state index in [0.717, 1.165) is 24.5 Å². The molecule has 5 nitrogen and oxygen atoms in total. The Bertz CT molecular complexity index is 1200. The molecule has 2 amide bonds. The van der Waals surface area contributed by atoms with Gasteiger partial charge < -0.3 is 15.6 Å². The van der Waals surface area contributed by atoms with Crippen LogP contribution in [0.15, 0.2) is 36.4 Å². The Morgan fingerprint density at radius 3 is 2.50 bits per heavy atom. The summed E-state index contributed by atoms with van der Waals surface area (Å²) in [6, 6.07) is 7.61. The zero-order valence-corrected chi connectivity index (χ0v) is 17.2. The Hall–Kier alpha value is -3.29. The fraction of sp³-hybridized carbons (Fsp3) is 0.333. The highest BCUT2D eigenvalue weighted by atomic mass is 19.1. The van der Waals surface area contributed by atoms with E-state index < -0.39 is 17.7 Å². The summed E-state index contributed by atoms with van der Waals surface area (Å²) in [5.74, 6) is -1.70. The third kappa shape index (κ3) is 3.74. The lowest BCUT2D eigenvalue weighted by molar-refractivity contribution is -0.126. The largest absolute Gasteiger partial charge is 0.354 e. The number of fused-ring (bicyclic) bond motifs is 1. The van der Waals surface area contributed by atoms with E-state index in [1.54, 1.807) is 12.1 Å². The van der Waals surface area contributed by atoms with Crippen LogP contribution in [0.2, 0.25) is 0 Å². The Morgan fingerprint density at radius 1 is 1.06 bits per heavy atom. The normalized spacial score (nSPS) is 22.6. The second kappa shape index (κ2) is 8.00. The summed E-state index contributed by atoms with van der Waals surface area (Å²) < 4.78 is 41.9. The average molecular weight is 441 g/mol. The van der Waals surface area contributed by atoms with Crippen LogP contribution in [0.25, 0.3) is 22.2 Å². The van der Waals surface area contributed by atoms with Gasteiger partial charge in [-0.25, -0.2) is 13.2 Å². The molecule has 0 spiro atoms. The molecule has 2 fully saturated rings. The Labute approximate surface area is 182 Å². The van der Waals surface area contributed by atoms with Gasteiger partial charge in [-0.1, -0.05) is 0 Å². The van der Waals surface area contributed by atoms with Gasteiger partial charge in [0.05, 0.1) is 11.2 Å². The third-order valence-electron chi connectivity index (χ3n) is 6.52. The van der Waals surface area contributed by atoms with Crippen LogP contribution in [0, 0.1) is 23.4 Å². The van der Waals surface area contributed by atoms with E-state index >= 15 is 0 Å². The van der Waals surface area contributed by atoms with Gasteiger partial charge in [0, 0.05) is 24.4 Å². The number of nitrogens with one attached hydrogen (secondary N) is 3. The molecule has 3 N–H and O–H groups in total. The maximum Gasteiger partial charge on any atom is 0.242 e. The van der Waals surface area contributed by atoms with Gasteiger partial charge in [0.25, 0.3) is 0 Å². The van der Waals surface area contributed by atoms with Crippen molar-refractivity contribution >= 4 is 22.7 Å². The van der Waals surface area contributed by atoms with E-state index in [2.05, 4.69) is 15.6 Å². The molecule has 0 radical (unpaired) electrons. The molecule has 2 heterocycles. The fourth-order valence-corrected chi connectivity index (χ4v) is 4.83. The van der Waals surface area contributed by atoms with Crippen LogP contribution < -0.4 is 10.6 Å². The van der Waals surface area contributed by atoms with E-state index in [4.69, 9.17) is 0 Å². The number of hydrogen-bond acceptors (Lipinski definition) is 2.